The number of amides is 3. The first-order chi connectivity index (χ1) is 73.2. The summed E-state index contributed by atoms with van der Waals surface area (Å²) in [5, 5.41) is 28.4. The molecule has 0 aliphatic carbocycles. The molecule has 3 amide bonds. The Morgan fingerprint density at radius 1 is 0.340 bits per heavy atom. The largest absolute Gasteiger partial charge is 0.481 e. The predicted octanol–water partition coefficient (Wildman–Crippen LogP) is 21.8. The number of H-pyrrole nitrogens is 1. The number of fused-ring (bicyclic) bond motifs is 6. The fraction of sp³-hybridized carbons (Fsp3) is 0.0508. The Balaban J connectivity index is 0.000000109. The molecule has 32 nitrogen and oxygen atoms in total. The van der Waals surface area contributed by atoms with Crippen molar-refractivity contribution in [1.82, 2.24) is 112 Å². The molecule has 0 saturated heterocycles. The number of pyridine rings is 12. The highest BCUT2D eigenvalue weighted by Crippen LogP contribution is 2.40. The minimum absolute atomic E-state index is 0.343. The number of methoxy groups -OCH3 is 1. The van der Waals surface area contributed by atoms with E-state index < -0.39 is 17.8 Å². The van der Waals surface area contributed by atoms with E-state index in [1.807, 2.05) is 334 Å². The van der Waals surface area contributed by atoms with E-state index in [0.717, 1.165) is 191 Å². The molecule has 0 spiro atoms. The highest BCUT2D eigenvalue weighted by Gasteiger charge is 2.22. The van der Waals surface area contributed by atoms with Gasteiger partial charge in [-0.25, -0.2) is 34.7 Å². The van der Waals surface area contributed by atoms with Gasteiger partial charge >= 0.3 is 6.03 Å². The van der Waals surface area contributed by atoms with Gasteiger partial charge < -0.3 is 27.7 Å². The van der Waals surface area contributed by atoms with Gasteiger partial charge in [0.25, 0.3) is 11.8 Å². The summed E-state index contributed by atoms with van der Waals surface area (Å²) in [6.45, 7) is 9.94. The number of hydrogen-bond donors (Lipinski definition) is 5. The maximum atomic E-state index is 11.6. The lowest BCUT2D eigenvalue weighted by atomic mass is 9.96. The fourth-order valence-electron chi connectivity index (χ4n) is 17.8. The number of aromatic amines is 1. The summed E-state index contributed by atoms with van der Waals surface area (Å²) in [7, 11) is 1.59. The average molecular weight is 1970 g/mol. The number of nitrogen functional groups attached to an aromatic ring is 1. The van der Waals surface area contributed by atoms with Crippen molar-refractivity contribution in [2.75, 3.05) is 12.8 Å². The van der Waals surface area contributed by atoms with E-state index in [2.05, 4.69) is 152 Å². The first kappa shape index (κ1) is 96.4. The van der Waals surface area contributed by atoms with Crippen molar-refractivity contribution in [2.45, 2.75) is 34.6 Å². The van der Waals surface area contributed by atoms with Crippen LogP contribution in [0.4, 0.5) is 10.6 Å². The third kappa shape index (κ3) is 20.7. The van der Waals surface area contributed by atoms with Crippen molar-refractivity contribution >= 4 is 62.8 Å². The number of benzene rings is 6. The molecule has 19 aromatic heterocycles. The van der Waals surface area contributed by atoms with Crippen LogP contribution >= 0.6 is 0 Å². The Hall–Kier alpha value is -21.1. The second-order valence-electron chi connectivity index (χ2n) is 34.8. The molecule has 6 aromatic carbocycles. The van der Waals surface area contributed by atoms with E-state index in [0.29, 0.717) is 51.4 Å². The van der Waals surface area contributed by atoms with Crippen molar-refractivity contribution < 1.29 is 19.1 Å². The number of nitrogens with one attached hydrogen (secondary N) is 1. The zero-order chi connectivity index (χ0) is 103. The molecule has 0 aliphatic rings. The van der Waals surface area contributed by atoms with E-state index >= 15 is 0 Å². The van der Waals surface area contributed by atoms with Crippen LogP contribution in [-0.2, 0) is 0 Å². The number of hydrogen-bond acceptors (Lipinski definition) is 22. The Labute approximate surface area is 858 Å². The molecule has 0 bridgehead atoms. The Morgan fingerprint density at radius 3 is 1.11 bits per heavy atom. The van der Waals surface area contributed by atoms with Crippen LogP contribution in [-0.4, -0.2) is 137 Å². The molecule has 0 saturated carbocycles. The second kappa shape index (κ2) is 43.0. The number of anilines is 1. The zero-order valence-corrected chi connectivity index (χ0v) is 81.8. The lowest BCUT2D eigenvalue weighted by Gasteiger charge is -2.11. The van der Waals surface area contributed by atoms with E-state index in [9.17, 15) is 19.6 Å². The number of imidazole rings is 5. The smallest absolute Gasteiger partial charge is 0.340 e. The number of carbonyl (C=O) groups is 3. The number of nitrogens with two attached hydrogens (primary N) is 4. The van der Waals surface area contributed by atoms with Gasteiger partial charge in [0.05, 0.1) is 84.0 Å². The van der Waals surface area contributed by atoms with Crippen molar-refractivity contribution in [3.05, 3.63) is 442 Å². The summed E-state index contributed by atoms with van der Waals surface area (Å²) < 4.78 is 15.5. The SMILES string of the molecule is COc1cccc(-c2ccccc2-c2ccc3ncc(C(N)=O)n3c2)n1.Cc1cccc(-c2ccccc2-c2ccc3c(cnn3C(N)=O)c2)n1.Cc1cccc(-c2ccccc2-c2ccc3ncc(-c4nn[nH]n4)n3c2)n1.Cc1cccc(-c2ccccc2-c2ccc3ncc(C#N)n3c2)n1.Cc1cccc(-c2ccccc2-c2ccc3ncc(N)n3c2)n1.Cc1cccc(-c2ccncc2-c2ccc3ncc(C(N)=O)n3c2)n1. The Morgan fingerprint density at radius 2 is 0.693 bits per heavy atom. The molecule has 150 heavy (non-hydrogen) atoms. The summed E-state index contributed by atoms with van der Waals surface area (Å²) in [5.41, 5.74) is 57.6. The first-order valence-electron chi connectivity index (χ1n) is 47.5. The number of rotatable bonds is 16. The van der Waals surface area contributed by atoms with Crippen LogP contribution in [0.1, 0.15) is 55.1 Å². The molecule has 32 heteroatoms. The zero-order valence-electron chi connectivity index (χ0n) is 81.8. The van der Waals surface area contributed by atoms with Gasteiger partial charge in [0.1, 0.15) is 62.9 Å². The van der Waals surface area contributed by atoms with E-state index in [1.165, 1.54) is 17.1 Å². The van der Waals surface area contributed by atoms with E-state index in [4.69, 9.17) is 27.7 Å². The van der Waals surface area contributed by atoms with Crippen molar-refractivity contribution in [3.8, 4) is 158 Å². The summed E-state index contributed by atoms with van der Waals surface area (Å²) in [6.07, 6.45) is 22.9. The molecule has 0 unspecified atom stereocenters. The van der Waals surface area contributed by atoms with Gasteiger partial charge in [0.2, 0.25) is 11.7 Å². The summed E-state index contributed by atoms with van der Waals surface area (Å²) in [6, 6.07) is 106. The molecule has 728 valence electrons. The van der Waals surface area contributed by atoms with Gasteiger partial charge in [-0.2, -0.15) is 20.3 Å². The normalized spacial score (nSPS) is 10.9. The topological polar surface area (TPSA) is 437 Å². The van der Waals surface area contributed by atoms with Gasteiger partial charge in [0, 0.05) is 128 Å². The molecule has 19 heterocycles. The molecule has 0 aliphatic heterocycles. The molecule has 9 N–H and O–H groups in total. The molecule has 0 atom stereocenters. The third-order valence-corrected chi connectivity index (χ3v) is 24.9. The summed E-state index contributed by atoms with van der Waals surface area (Å²) in [5.74, 6) is 0.661. The number of tetrazole rings is 1. The summed E-state index contributed by atoms with van der Waals surface area (Å²) >= 11 is 0. The van der Waals surface area contributed by atoms with Crippen LogP contribution in [0.3, 0.4) is 0 Å². The number of primary amides is 3. The highest BCUT2D eigenvalue weighted by molar-refractivity contribution is 5.96. The maximum Gasteiger partial charge on any atom is 0.340 e. The lowest BCUT2D eigenvalue weighted by molar-refractivity contribution is 0.0986. The van der Waals surface area contributed by atoms with Crippen LogP contribution in [0.15, 0.2) is 396 Å². The number of ether oxygens (including phenoxy) is 1. The second-order valence-corrected chi connectivity index (χ2v) is 34.8. The summed E-state index contributed by atoms with van der Waals surface area (Å²) in [4.78, 5) is 88.0. The van der Waals surface area contributed by atoms with E-state index in [-0.39, 0.29) is 0 Å². The van der Waals surface area contributed by atoms with Gasteiger partial charge in [-0.1, -0.05) is 164 Å². The molecular formula is C118H92N28O4. The average Bonchev–Trinajstić information content (AvgIpc) is 1.59. The minimum atomic E-state index is -0.591. The van der Waals surface area contributed by atoms with Crippen LogP contribution in [0.5, 0.6) is 5.88 Å². The fourth-order valence-corrected chi connectivity index (χ4v) is 17.8. The number of carbonyl (C=O) groups excluding carboxylic acids is 3. The van der Waals surface area contributed by atoms with Crippen molar-refractivity contribution in [2.24, 2.45) is 17.2 Å². The quantitative estimate of drug-likeness (QED) is 0.0600. The lowest BCUT2D eigenvalue weighted by Crippen LogP contribution is -2.20. The van der Waals surface area contributed by atoms with Crippen LogP contribution in [0.2, 0.25) is 0 Å². The Bertz CT molecular complexity index is 9420. The maximum absolute atomic E-state index is 11.6. The minimum Gasteiger partial charge on any atom is -0.481 e. The predicted molar refractivity (Wildman–Crippen MR) is 580 cm³/mol. The molecular weight excluding hydrogens is 1870 g/mol. The molecule has 25 rings (SSSR count). The number of aryl methyl sites for hydroxylation is 5. The van der Waals surface area contributed by atoms with Crippen LogP contribution in [0, 0.1) is 45.9 Å². The number of nitriles is 1. The van der Waals surface area contributed by atoms with Gasteiger partial charge in [-0.05, 0) is 241 Å². The van der Waals surface area contributed by atoms with Crippen LogP contribution in [0.25, 0.3) is 185 Å². The van der Waals surface area contributed by atoms with Gasteiger partial charge in [-0.3, -0.25) is 61.5 Å². The van der Waals surface area contributed by atoms with Crippen LogP contribution < -0.4 is 27.7 Å². The number of aromatic nitrogens is 23. The number of nitrogens with zero attached hydrogens (tertiary/aromatic N) is 23. The van der Waals surface area contributed by atoms with Gasteiger partial charge in [-0.15, -0.1) is 10.2 Å². The molecule has 25 aromatic rings. The standard InChI is InChI=1S/C20H15N7.C20H16N4O2.C20H16N4O.C20H14N4.C19H15N5O.C19H16N4/c1-13-5-4-8-17(22-13)16-7-3-2-6-15(16)14-9-10-19-21-11-18(27(19)12-14)20-23-25-26-24-20;1-26-19-8-4-7-16(23-19)15-6-3-2-5-14(15)13-9-10-18-22-11-17(20(21)25)24(18)12-13;1-13-5-4-8-18(23-13)17-7-3-2-6-16(17)14-9-10-19-15(11-14)12-22-24(19)20(21)25;1-14-5-4-8-19(23-14)18-7-3-2-6-17(18)15-9-10-20-22-12-16(11-21)24(20)13-15;1-12-3-2-4-16(23-12)14-7-8-21-9-15(14)13-5-6-18-22-10-17(19(20)25)24(18)11-13;1-13-5-4-8-17(22-13)16-7-3-2-6-15(16)14-9-10-19-21-11-18(20)23(19)12-14/h2-12H,1H3,(H,23,24,25,26);2-12H,1H3,(H2,21,25);2-12H,1H3,(H2,21,25);2-10,12-13H,1H3;2-11H,1H3,(H2,20,25);2-12H,20H2,1H3. The van der Waals surface area contributed by atoms with Gasteiger partial charge in [0.15, 0.2) is 0 Å². The third-order valence-electron chi connectivity index (χ3n) is 24.9. The van der Waals surface area contributed by atoms with Crippen molar-refractivity contribution in [1.29, 1.82) is 5.26 Å². The monoisotopic (exact) mass is 1960 g/mol. The highest BCUT2D eigenvalue weighted by atomic mass is 16.5. The van der Waals surface area contributed by atoms with Crippen molar-refractivity contribution in [3.63, 3.8) is 0 Å². The molecule has 0 radical (unpaired) electrons. The first-order valence-corrected chi connectivity index (χ1v) is 47.5. The Kier molecular flexibility index (Phi) is 27.6. The molecule has 0 fully saturated rings. The van der Waals surface area contributed by atoms with E-state index in [1.54, 1.807) is 53.1 Å².